The number of nitrogens with zero attached hydrogens (tertiary/aromatic N) is 2. The highest BCUT2D eigenvalue weighted by molar-refractivity contribution is 5.95. The third-order valence-electron chi connectivity index (χ3n) is 5.08. The molecule has 7 nitrogen and oxygen atoms in total. The summed E-state index contributed by atoms with van der Waals surface area (Å²) in [6.07, 6.45) is 0. The number of rotatable bonds is 7. The van der Waals surface area contributed by atoms with Gasteiger partial charge in [0, 0.05) is 24.7 Å². The molecule has 0 amide bonds. The summed E-state index contributed by atoms with van der Waals surface area (Å²) in [5.41, 5.74) is 16.9. The first-order valence-electron chi connectivity index (χ1n) is 9.88. The maximum Gasteiger partial charge on any atom is 0.337 e. The molecule has 0 fully saturated rings. The van der Waals surface area contributed by atoms with Crippen molar-refractivity contribution in [1.29, 1.82) is 0 Å². The van der Waals surface area contributed by atoms with Crippen LogP contribution in [0.2, 0.25) is 0 Å². The fourth-order valence-corrected chi connectivity index (χ4v) is 3.54. The maximum absolute atomic E-state index is 11.7. The van der Waals surface area contributed by atoms with Gasteiger partial charge in [0.25, 0.3) is 0 Å². The second kappa shape index (κ2) is 8.83. The van der Waals surface area contributed by atoms with Crippen LogP contribution in [0.3, 0.4) is 0 Å². The topological polar surface area (TPSA) is 119 Å². The van der Waals surface area contributed by atoms with Gasteiger partial charge in [-0.2, -0.15) is 5.10 Å². The van der Waals surface area contributed by atoms with E-state index >= 15 is 0 Å². The Morgan fingerprint density at radius 2 is 1.55 bits per heavy atom. The van der Waals surface area contributed by atoms with Crippen molar-refractivity contribution in [3.8, 4) is 16.9 Å². The van der Waals surface area contributed by atoms with Crippen molar-refractivity contribution in [2.24, 2.45) is 11.5 Å². The van der Waals surface area contributed by atoms with Crippen LogP contribution in [0.4, 0.5) is 11.5 Å². The van der Waals surface area contributed by atoms with Crippen molar-refractivity contribution < 1.29 is 9.90 Å². The number of benzene rings is 3. The lowest BCUT2D eigenvalue weighted by molar-refractivity contribution is 0.0698. The largest absolute Gasteiger partial charge is 0.478 e. The van der Waals surface area contributed by atoms with Crippen LogP contribution in [0, 0.1) is 0 Å². The Balaban J connectivity index is 1.89. The number of carbonyl (C=O) groups is 1. The van der Waals surface area contributed by atoms with Gasteiger partial charge in [0.2, 0.25) is 0 Å². The molecule has 0 radical (unpaired) electrons. The molecular formula is C24H23N5O2. The van der Waals surface area contributed by atoms with Crippen molar-refractivity contribution >= 4 is 17.5 Å². The highest BCUT2D eigenvalue weighted by Gasteiger charge is 2.17. The smallest absolute Gasteiger partial charge is 0.337 e. The fourth-order valence-electron chi connectivity index (χ4n) is 3.54. The molecule has 4 rings (SSSR count). The Kier molecular flexibility index (Phi) is 5.79. The molecule has 0 saturated heterocycles. The highest BCUT2D eigenvalue weighted by atomic mass is 16.4. The first-order valence-corrected chi connectivity index (χ1v) is 9.88. The minimum atomic E-state index is -1.01. The van der Waals surface area contributed by atoms with Gasteiger partial charge in [-0.25, -0.2) is 9.48 Å². The van der Waals surface area contributed by atoms with Gasteiger partial charge in [0.15, 0.2) is 0 Å². The quantitative estimate of drug-likeness (QED) is 0.365. The number of carboxylic acid groups (broad SMARTS) is 1. The normalized spacial score (nSPS) is 10.8. The average molecular weight is 413 g/mol. The molecule has 0 saturated carbocycles. The van der Waals surface area contributed by atoms with E-state index in [1.54, 1.807) is 28.9 Å². The number of carboxylic acids is 1. The molecule has 0 aliphatic rings. The summed E-state index contributed by atoms with van der Waals surface area (Å²) in [5, 5.41) is 17.7. The van der Waals surface area contributed by atoms with Gasteiger partial charge in [-0.3, -0.25) is 0 Å². The van der Waals surface area contributed by atoms with Crippen molar-refractivity contribution in [1.82, 2.24) is 9.78 Å². The van der Waals surface area contributed by atoms with E-state index in [4.69, 9.17) is 16.6 Å². The monoisotopic (exact) mass is 413 g/mol. The first-order chi connectivity index (χ1) is 15.1. The van der Waals surface area contributed by atoms with Crippen LogP contribution in [0.1, 0.15) is 21.5 Å². The van der Waals surface area contributed by atoms with Crippen LogP contribution < -0.4 is 16.8 Å². The summed E-state index contributed by atoms with van der Waals surface area (Å²) in [7, 11) is 0. The van der Waals surface area contributed by atoms with Crippen molar-refractivity contribution in [3.05, 3.63) is 95.6 Å². The Hall–Kier alpha value is -3.94. The molecule has 1 aromatic heterocycles. The number of hydrogen-bond acceptors (Lipinski definition) is 5. The Morgan fingerprint density at radius 1 is 0.903 bits per heavy atom. The van der Waals surface area contributed by atoms with Crippen LogP contribution >= 0.6 is 0 Å². The molecule has 156 valence electrons. The summed E-state index contributed by atoms with van der Waals surface area (Å²) in [6.45, 7) is 0.725. The van der Waals surface area contributed by atoms with E-state index in [1.165, 1.54) is 0 Å². The summed E-state index contributed by atoms with van der Waals surface area (Å²) in [4.78, 5) is 11.7. The first kappa shape index (κ1) is 20.3. The molecule has 0 unspecified atom stereocenters. The minimum Gasteiger partial charge on any atom is -0.478 e. The average Bonchev–Trinajstić information content (AvgIpc) is 3.22. The van der Waals surface area contributed by atoms with E-state index in [9.17, 15) is 9.90 Å². The molecule has 1 heterocycles. The third kappa shape index (κ3) is 4.05. The second-order valence-electron chi connectivity index (χ2n) is 7.00. The van der Waals surface area contributed by atoms with E-state index in [1.807, 2.05) is 54.6 Å². The van der Waals surface area contributed by atoms with Crippen LogP contribution in [0.25, 0.3) is 16.9 Å². The zero-order chi connectivity index (χ0) is 21.8. The van der Waals surface area contributed by atoms with Crippen molar-refractivity contribution in [3.63, 3.8) is 0 Å². The number of anilines is 2. The van der Waals surface area contributed by atoms with Gasteiger partial charge in [-0.05, 0) is 29.3 Å². The van der Waals surface area contributed by atoms with Crippen LogP contribution in [-0.2, 0) is 13.1 Å². The molecule has 0 atom stereocenters. The summed E-state index contributed by atoms with van der Waals surface area (Å²) >= 11 is 0. The number of hydrogen-bond donors (Lipinski definition) is 4. The minimum absolute atomic E-state index is 0.172. The van der Waals surface area contributed by atoms with Crippen molar-refractivity contribution in [2.45, 2.75) is 13.1 Å². The van der Waals surface area contributed by atoms with E-state index in [2.05, 4.69) is 5.32 Å². The van der Waals surface area contributed by atoms with Gasteiger partial charge < -0.3 is 21.9 Å². The van der Waals surface area contributed by atoms with Gasteiger partial charge in [0.1, 0.15) is 5.82 Å². The molecule has 0 bridgehead atoms. The Morgan fingerprint density at radius 3 is 2.29 bits per heavy atom. The molecule has 3 aromatic carbocycles. The van der Waals surface area contributed by atoms with Crippen LogP contribution in [0.5, 0.6) is 0 Å². The number of para-hydroxylation sites is 2. The summed E-state index contributed by atoms with van der Waals surface area (Å²) in [6, 6.07) is 24.2. The van der Waals surface area contributed by atoms with E-state index < -0.39 is 5.97 Å². The maximum atomic E-state index is 11.7. The van der Waals surface area contributed by atoms with Gasteiger partial charge in [-0.15, -0.1) is 0 Å². The summed E-state index contributed by atoms with van der Waals surface area (Å²) in [5.74, 6) is -0.387. The molecule has 7 heteroatoms. The lowest BCUT2D eigenvalue weighted by Gasteiger charge is -2.14. The van der Waals surface area contributed by atoms with Gasteiger partial charge >= 0.3 is 5.97 Å². The molecule has 0 aliphatic carbocycles. The molecule has 4 aromatic rings. The lowest BCUT2D eigenvalue weighted by atomic mass is 10.0. The number of aromatic nitrogens is 2. The number of aromatic carboxylic acids is 1. The highest BCUT2D eigenvalue weighted by Crippen LogP contribution is 2.31. The Bertz CT molecular complexity index is 1230. The third-order valence-corrected chi connectivity index (χ3v) is 5.08. The van der Waals surface area contributed by atoms with Crippen molar-refractivity contribution in [2.75, 3.05) is 5.32 Å². The predicted octanol–water partition coefficient (Wildman–Crippen LogP) is 3.90. The fraction of sp³-hybridized carbons (Fsp3) is 0.0833. The standard InChI is InChI=1S/C24H23N5O2/c25-14-16-7-1-3-9-18(16)21-13-23(27-20-11-5-4-10-19(20)24(30)31)29(28-21)22-12-6-2-8-17(22)15-26/h1-13,27H,14-15,25-26H2,(H,30,31). The van der Waals surface area contributed by atoms with E-state index in [0.717, 1.165) is 28.1 Å². The van der Waals surface area contributed by atoms with Gasteiger partial charge in [0.05, 0.1) is 22.6 Å². The van der Waals surface area contributed by atoms with E-state index in [-0.39, 0.29) is 5.56 Å². The Labute approximate surface area is 179 Å². The molecule has 0 spiro atoms. The lowest BCUT2D eigenvalue weighted by Crippen LogP contribution is -2.09. The summed E-state index contributed by atoms with van der Waals surface area (Å²) < 4.78 is 1.75. The van der Waals surface area contributed by atoms with Crippen LogP contribution in [0.15, 0.2) is 78.9 Å². The molecule has 6 N–H and O–H groups in total. The predicted molar refractivity (Wildman–Crippen MR) is 121 cm³/mol. The molecular weight excluding hydrogens is 390 g/mol. The zero-order valence-electron chi connectivity index (χ0n) is 16.8. The second-order valence-corrected chi connectivity index (χ2v) is 7.00. The molecule has 0 aliphatic heterocycles. The van der Waals surface area contributed by atoms with E-state index in [0.29, 0.717) is 24.6 Å². The zero-order valence-corrected chi connectivity index (χ0v) is 16.8. The molecule has 31 heavy (non-hydrogen) atoms. The number of nitrogens with two attached hydrogens (primary N) is 2. The van der Waals surface area contributed by atoms with Crippen LogP contribution in [-0.4, -0.2) is 20.9 Å². The SMILES string of the molecule is NCc1ccccc1-c1cc(Nc2ccccc2C(=O)O)n(-c2ccccc2CN)n1. The van der Waals surface area contributed by atoms with Gasteiger partial charge in [-0.1, -0.05) is 54.6 Å². The number of nitrogens with one attached hydrogen (secondary N) is 1.